The number of halogens is 5. The number of hydrogen-bond acceptors (Lipinski definition) is 5. The molecule has 0 spiro atoms. The maximum Gasteiger partial charge on any atom is 0.433 e. The Kier molecular flexibility index (Phi) is 6.72. The van der Waals surface area contributed by atoms with Crippen molar-refractivity contribution in [2.45, 2.75) is 12.7 Å². The van der Waals surface area contributed by atoms with Crippen LogP contribution in [0, 0.1) is 0 Å². The van der Waals surface area contributed by atoms with Crippen LogP contribution in [0.15, 0.2) is 66.9 Å². The van der Waals surface area contributed by atoms with E-state index in [9.17, 15) is 18.0 Å². The molecule has 13 heteroatoms. The molecule has 0 aliphatic rings. The van der Waals surface area contributed by atoms with E-state index in [-0.39, 0.29) is 22.9 Å². The molecule has 0 aliphatic carbocycles. The number of nitrogens with zero attached hydrogens (tertiary/aromatic N) is 5. The number of methoxy groups -OCH3 is 1. The Morgan fingerprint density at radius 3 is 2.45 bits per heavy atom. The van der Waals surface area contributed by atoms with Crippen LogP contribution in [0.3, 0.4) is 0 Å². The summed E-state index contributed by atoms with van der Waals surface area (Å²) in [6.07, 6.45) is -3.11. The molecule has 5 aromatic rings. The van der Waals surface area contributed by atoms with Crippen molar-refractivity contribution in [3.05, 3.63) is 93.9 Å². The number of carbonyl (C=O) groups is 1. The summed E-state index contributed by atoms with van der Waals surface area (Å²) in [5, 5.41) is 11.5. The van der Waals surface area contributed by atoms with Crippen LogP contribution in [0.2, 0.25) is 10.0 Å². The van der Waals surface area contributed by atoms with Gasteiger partial charge in [-0.3, -0.25) is 9.48 Å². The number of ether oxygens (including phenoxy) is 1. The van der Waals surface area contributed by atoms with E-state index in [1.165, 1.54) is 13.2 Å². The molecule has 194 valence electrons. The predicted molar refractivity (Wildman–Crippen MR) is 136 cm³/mol. The number of amides is 1. The standard InChI is InChI=1S/C25H17Cl2F3N6O2/c1-38-16-5-3-15(4-6-16)19-11-21(25(28,29)30)36-23(31-19)12-20(33-36)24(37)32-22-8-9-35(34-22)13-14-2-7-17(26)18(27)10-14/h2-12H,13H2,1H3,(H,32,34,37). The Morgan fingerprint density at radius 2 is 1.76 bits per heavy atom. The first kappa shape index (κ1) is 25.6. The minimum atomic E-state index is -4.74. The zero-order valence-corrected chi connectivity index (χ0v) is 21.0. The Bertz CT molecular complexity index is 1650. The van der Waals surface area contributed by atoms with Crippen molar-refractivity contribution in [1.82, 2.24) is 24.4 Å². The van der Waals surface area contributed by atoms with Crippen molar-refractivity contribution >= 4 is 40.6 Å². The predicted octanol–water partition coefficient (Wildman–Crippen LogP) is 6.23. The lowest BCUT2D eigenvalue weighted by Crippen LogP contribution is -2.16. The van der Waals surface area contributed by atoms with Crippen molar-refractivity contribution in [1.29, 1.82) is 0 Å². The van der Waals surface area contributed by atoms with Gasteiger partial charge in [0.25, 0.3) is 5.91 Å². The van der Waals surface area contributed by atoms with Crippen LogP contribution in [0.1, 0.15) is 21.7 Å². The maximum atomic E-state index is 13.9. The highest BCUT2D eigenvalue weighted by Gasteiger charge is 2.35. The van der Waals surface area contributed by atoms with E-state index in [4.69, 9.17) is 27.9 Å². The zero-order chi connectivity index (χ0) is 27.0. The van der Waals surface area contributed by atoms with E-state index in [1.54, 1.807) is 59.4 Å². The highest BCUT2D eigenvalue weighted by Crippen LogP contribution is 2.33. The lowest BCUT2D eigenvalue weighted by Gasteiger charge is -2.11. The molecule has 3 heterocycles. The summed E-state index contributed by atoms with van der Waals surface area (Å²) in [5.74, 6) is -0.00181. The second kappa shape index (κ2) is 9.99. The number of carbonyl (C=O) groups excluding carboxylic acids is 1. The molecule has 0 saturated heterocycles. The van der Waals surface area contributed by atoms with Crippen LogP contribution in [0.4, 0.5) is 19.0 Å². The Morgan fingerprint density at radius 1 is 1.00 bits per heavy atom. The van der Waals surface area contributed by atoms with Gasteiger partial charge in [0.1, 0.15) is 5.75 Å². The second-order valence-corrected chi connectivity index (χ2v) is 8.97. The lowest BCUT2D eigenvalue weighted by molar-refractivity contribution is -0.142. The van der Waals surface area contributed by atoms with Gasteiger partial charge in [-0.25, -0.2) is 9.50 Å². The quantitative estimate of drug-likeness (QED) is 0.266. The van der Waals surface area contributed by atoms with Crippen LogP contribution >= 0.6 is 23.2 Å². The van der Waals surface area contributed by atoms with Gasteiger partial charge in [-0.15, -0.1) is 0 Å². The van der Waals surface area contributed by atoms with Crippen molar-refractivity contribution in [3.63, 3.8) is 0 Å². The first-order valence-corrected chi connectivity index (χ1v) is 11.8. The van der Waals surface area contributed by atoms with Crippen LogP contribution in [0.5, 0.6) is 5.75 Å². The van der Waals surface area contributed by atoms with E-state index in [0.717, 1.165) is 11.6 Å². The maximum absolute atomic E-state index is 13.9. The minimum absolute atomic E-state index is 0.0698. The van der Waals surface area contributed by atoms with Crippen LogP contribution < -0.4 is 10.1 Å². The van der Waals surface area contributed by atoms with Gasteiger partial charge in [0, 0.05) is 23.9 Å². The number of aromatic nitrogens is 5. The Labute approximate surface area is 223 Å². The fraction of sp³-hybridized carbons (Fsp3) is 0.120. The fourth-order valence-corrected chi connectivity index (χ4v) is 4.04. The van der Waals surface area contributed by atoms with E-state index in [2.05, 4.69) is 20.5 Å². The Hall–Kier alpha value is -4.09. The molecule has 0 atom stereocenters. The number of anilines is 1. The van der Waals surface area contributed by atoms with Gasteiger partial charge in [0.2, 0.25) is 0 Å². The number of hydrogen-bond donors (Lipinski definition) is 1. The van der Waals surface area contributed by atoms with Crippen LogP contribution in [0.25, 0.3) is 16.9 Å². The van der Waals surface area contributed by atoms with E-state index in [0.29, 0.717) is 32.4 Å². The van der Waals surface area contributed by atoms with E-state index >= 15 is 0 Å². The topological polar surface area (TPSA) is 86.3 Å². The molecule has 5 rings (SSSR count). The largest absolute Gasteiger partial charge is 0.497 e. The summed E-state index contributed by atoms with van der Waals surface area (Å²) in [5.41, 5.74) is -0.119. The highest BCUT2D eigenvalue weighted by molar-refractivity contribution is 6.42. The summed E-state index contributed by atoms with van der Waals surface area (Å²) >= 11 is 12.0. The van der Waals surface area contributed by atoms with Crippen molar-refractivity contribution < 1.29 is 22.7 Å². The lowest BCUT2D eigenvalue weighted by atomic mass is 10.1. The molecule has 8 nitrogen and oxygen atoms in total. The molecule has 0 unspecified atom stereocenters. The molecule has 0 aliphatic heterocycles. The number of rotatable bonds is 6. The normalized spacial score (nSPS) is 11.6. The smallest absolute Gasteiger partial charge is 0.433 e. The summed E-state index contributed by atoms with van der Waals surface area (Å²) < 4.78 is 48.9. The third-order valence-corrected chi connectivity index (χ3v) is 6.29. The van der Waals surface area contributed by atoms with Crippen molar-refractivity contribution in [2.24, 2.45) is 0 Å². The molecule has 2 aromatic carbocycles. The van der Waals surface area contributed by atoms with Gasteiger partial charge in [-0.05, 0) is 48.0 Å². The number of nitrogens with one attached hydrogen (secondary N) is 1. The summed E-state index contributed by atoms with van der Waals surface area (Å²) in [6, 6.07) is 15.2. The van der Waals surface area contributed by atoms with Gasteiger partial charge in [-0.2, -0.15) is 23.4 Å². The average Bonchev–Trinajstić information content (AvgIpc) is 3.52. The summed E-state index contributed by atoms with van der Waals surface area (Å²) in [4.78, 5) is 17.1. The van der Waals surface area contributed by atoms with Gasteiger partial charge >= 0.3 is 6.18 Å². The van der Waals surface area contributed by atoms with Gasteiger partial charge in [0.15, 0.2) is 22.9 Å². The molecule has 0 saturated carbocycles. The second-order valence-electron chi connectivity index (χ2n) is 8.15. The third kappa shape index (κ3) is 5.29. The molecule has 0 bridgehead atoms. The Balaban J connectivity index is 1.41. The van der Waals surface area contributed by atoms with Gasteiger partial charge < -0.3 is 10.1 Å². The molecule has 0 radical (unpaired) electrons. The van der Waals surface area contributed by atoms with Gasteiger partial charge in [-0.1, -0.05) is 29.3 Å². The average molecular weight is 561 g/mol. The zero-order valence-electron chi connectivity index (χ0n) is 19.5. The SMILES string of the molecule is COc1ccc(-c2cc(C(F)(F)F)n3nc(C(=O)Nc4ccn(Cc5ccc(Cl)c(Cl)c5)n4)cc3n2)cc1. The monoisotopic (exact) mass is 560 g/mol. The van der Waals surface area contributed by atoms with Gasteiger partial charge in [0.05, 0.1) is 29.4 Å². The van der Waals surface area contributed by atoms with Crippen molar-refractivity contribution in [3.8, 4) is 17.0 Å². The molecule has 38 heavy (non-hydrogen) atoms. The van der Waals surface area contributed by atoms with Crippen molar-refractivity contribution in [2.75, 3.05) is 12.4 Å². The number of alkyl halides is 3. The molecule has 3 aromatic heterocycles. The summed E-state index contributed by atoms with van der Waals surface area (Å²) in [6.45, 7) is 0.355. The van der Waals surface area contributed by atoms with E-state index < -0.39 is 17.8 Å². The molecular formula is C25H17Cl2F3N6O2. The van der Waals surface area contributed by atoms with Crippen LogP contribution in [-0.4, -0.2) is 37.4 Å². The first-order chi connectivity index (χ1) is 18.1. The molecule has 0 fully saturated rings. The highest BCUT2D eigenvalue weighted by atomic mass is 35.5. The summed E-state index contributed by atoms with van der Waals surface area (Å²) in [7, 11) is 1.49. The fourth-order valence-electron chi connectivity index (χ4n) is 3.72. The number of benzene rings is 2. The molecule has 1 amide bonds. The number of fused-ring (bicyclic) bond motifs is 1. The third-order valence-electron chi connectivity index (χ3n) is 5.55. The molecule has 1 N–H and O–H groups in total. The van der Waals surface area contributed by atoms with E-state index in [1.807, 2.05) is 0 Å². The van der Waals surface area contributed by atoms with Crippen LogP contribution in [-0.2, 0) is 12.7 Å². The molecular weight excluding hydrogens is 544 g/mol. The first-order valence-electron chi connectivity index (χ1n) is 11.0. The minimum Gasteiger partial charge on any atom is -0.497 e.